The Labute approximate surface area is 225 Å². The second kappa shape index (κ2) is 10.9. The first kappa shape index (κ1) is 27.0. The lowest BCUT2D eigenvalue weighted by Crippen LogP contribution is -2.42. The van der Waals surface area contributed by atoms with E-state index in [9.17, 15) is 27.6 Å². The van der Waals surface area contributed by atoms with Crippen molar-refractivity contribution in [1.82, 2.24) is 14.5 Å². The number of nitrogens with one attached hydrogen (secondary N) is 1. The second-order valence-corrected chi connectivity index (χ2v) is 12.7. The highest BCUT2D eigenvalue weighted by Gasteiger charge is 2.37. The molecule has 1 aromatic carbocycles. The normalized spacial score (nSPS) is 17.2. The van der Waals surface area contributed by atoms with E-state index >= 15 is 0 Å². The molecule has 0 spiro atoms. The van der Waals surface area contributed by atoms with E-state index in [-0.39, 0.29) is 39.5 Å². The quantitative estimate of drug-likeness (QED) is 0.398. The summed E-state index contributed by atoms with van der Waals surface area (Å²) >= 11 is 0. The molecule has 3 aromatic rings. The number of nitrogens with zero attached hydrogens (tertiary/aromatic N) is 2. The fraction of sp³-hybridized carbons (Fsp3) is 0.464. The highest BCUT2D eigenvalue weighted by atomic mass is 32.2. The zero-order valence-electron chi connectivity index (χ0n) is 21.7. The van der Waals surface area contributed by atoms with Crippen molar-refractivity contribution in [2.24, 2.45) is 5.92 Å². The number of rotatable bonds is 9. The van der Waals surface area contributed by atoms with Crippen molar-refractivity contribution >= 4 is 32.5 Å². The number of aromatic nitrogens is 3. The first-order valence-corrected chi connectivity index (χ1v) is 14.8. The van der Waals surface area contributed by atoms with E-state index in [2.05, 4.69) is 14.7 Å². The Balaban J connectivity index is 1.51. The van der Waals surface area contributed by atoms with Gasteiger partial charge >= 0.3 is 11.7 Å². The first-order valence-electron chi connectivity index (χ1n) is 13.3. The van der Waals surface area contributed by atoms with Crippen molar-refractivity contribution in [3.8, 4) is 0 Å². The SMILES string of the molecule is COC(=O)c1ccc(CC(=O)C(CC2CCCCC2)n2c(=O)[nH]c3cc(S(=O)(=O)C4CC4)ccc3c2=O)nc1. The molecule has 2 aliphatic rings. The lowest BCUT2D eigenvalue weighted by molar-refractivity contribution is -0.122. The fourth-order valence-corrected chi connectivity index (χ4v) is 7.11. The smallest absolute Gasteiger partial charge is 0.339 e. The minimum atomic E-state index is -3.51. The molecule has 10 nitrogen and oxygen atoms in total. The van der Waals surface area contributed by atoms with Gasteiger partial charge in [0, 0.05) is 11.9 Å². The number of sulfone groups is 1. The van der Waals surface area contributed by atoms with Crippen LogP contribution in [0.15, 0.2) is 51.0 Å². The van der Waals surface area contributed by atoms with Crippen molar-refractivity contribution < 1.29 is 22.7 Å². The third-order valence-electron chi connectivity index (χ3n) is 7.76. The van der Waals surface area contributed by atoms with Gasteiger partial charge in [0.25, 0.3) is 5.56 Å². The van der Waals surface area contributed by atoms with Crippen LogP contribution in [-0.4, -0.2) is 47.1 Å². The Morgan fingerprint density at radius 3 is 2.46 bits per heavy atom. The number of aromatic amines is 1. The summed E-state index contributed by atoms with van der Waals surface area (Å²) in [4.78, 5) is 59.2. The van der Waals surface area contributed by atoms with Crippen LogP contribution >= 0.6 is 0 Å². The highest BCUT2D eigenvalue weighted by Crippen LogP contribution is 2.34. The lowest BCUT2D eigenvalue weighted by Gasteiger charge is -2.26. The molecular formula is C28H31N3O7S. The molecule has 1 N–H and O–H groups in total. The van der Waals surface area contributed by atoms with Crippen LogP contribution in [0.5, 0.6) is 0 Å². The Bertz CT molecular complexity index is 1630. The highest BCUT2D eigenvalue weighted by molar-refractivity contribution is 7.92. The number of ketones is 1. The summed E-state index contributed by atoms with van der Waals surface area (Å²) in [6, 6.07) is 6.20. The summed E-state index contributed by atoms with van der Waals surface area (Å²) in [6.07, 6.45) is 7.77. The van der Waals surface area contributed by atoms with E-state index in [0.29, 0.717) is 25.0 Å². The number of H-pyrrole nitrogens is 1. The average molecular weight is 554 g/mol. The van der Waals surface area contributed by atoms with Crippen LogP contribution in [0.3, 0.4) is 0 Å². The fourth-order valence-electron chi connectivity index (χ4n) is 5.42. The second-order valence-electron chi connectivity index (χ2n) is 10.5. The number of carbonyl (C=O) groups is 2. The number of fused-ring (bicyclic) bond motifs is 1. The number of benzene rings is 1. The van der Waals surface area contributed by atoms with Crippen molar-refractivity contribution in [2.45, 2.75) is 74.0 Å². The molecule has 0 bridgehead atoms. The van der Waals surface area contributed by atoms with Gasteiger partial charge in [0.1, 0.15) is 6.04 Å². The summed E-state index contributed by atoms with van der Waals surface area (Å²) in [6.45, 7) is 0. The van der Waals surface area contributed by atoms with Crippen LogP contribution in [-0.2, 0) is 25.8 Å². The molecule has 0 saturated heterocycles. The van der Waals surface area contributed by atoms with Crippen molar-refractivity contribution in [1.29, 1.82) is 0 Å². The molecule has 1 unspecified atom stereocenters. The number of ether oxygens (including phenoxy) is 1. The molecule has 0 radical (unpaired) electrons. The largest absolute Gasteiger partial charge is 0.465 e. The molecule has 206 valence electrons. The van der Waals surface area contributed by atoms with Gasteiger partial charge in [0.2, 0.25) is 0 Å². The van der Waals surface area contributed by atoms with E-state index in [0.717, 1.165) is 36.7 Å². The molecule has 2 saturated carbocycles. The average Bonchev–Trinajstić information content (AvgIpc) is 3.79. The van der Waals surface area contributed by atoms with Gasteiger partial charge in [-0.3, -0.25) is 14.6 Å². The predicted octanol–water partition coefficient (Wildman–Crippen LogP) is 3.13. The standard InChI is InChI=1S/C28H31N3O7S/c1-38-27(34)18-7-8-19(29-16-18)14-25(32)24(13-17-5-3-2-4-6-17)31-26(33)22-12-11-21(15-23(22)30-28(31)35)39(36,37)20-9-10-20/h7-8,11-12,15-17,20,24H,2-6,9-10,13-14H2,1H3,(H,30,35). The van der Waals surface area contributed by atoms with Crippen LogP contribution in [0.25, 0.3) is 10.9 Å². The Kier molecular flexibility index (Phi) is 7.53. The monoisotopic (exact) mass is 553 g/mol. The summed E-state index contributed by atoms with van der Waals surface area (Å²) in [5, 5.41) is -0.277. The number of carbonyl (C=O) groups excluding carboxylic acids is 2. The summed E-state index contributed by atoms with van der Waals surface area (Å²) in [7, 11) is -2.24. The maximum absolute atomic E-state index is 13.6. The van der Waals surface area contributed by atoms with Gasteiger partial charge in [0.05, 0.1) is 40.1 Å². The number of Topliss-reactive ketones (excluding diaryl/α,β-unsaturated/α-hetero) is 1. The number of pyridine rings is 1. The van der Waals surface area contributed by atoms with Gasteiger partial charge in [-0.25, -0.2) is 22.6 Å². The molecule has 39 heavy (non-hydrogen) atoms. The third kappa shape index (κ3) is 5.59. The summed E-state index contributed by atoms with van der Waals surface area (Å²) in [5.41, 5.74) is -0.602. The maximum atomic E-state index is 13.6. The minimum absolute atomic E-state index is 0.0709. The predicted molar refractivity (Wildman–Crippen MR) is 144 cm³/mol. The van der Waals surface area contributed by atoms with Crippen molar-refractivity contribution in [2.75, 3.05) is 7.11 Å². The molecule has 2 heterocycles. The van der Waals surface area contributed by atoms with Gasteiger partial charge in [-0.15, -0.1) is 0 Å². The van der Waals surface area contributed by atoms with Crippen LogP contribution in [0.1, 0.15) is 73.5 Å². The van der Waals surface area contributed by atoms with E-state index in [4.69, 9.17) is 0 Å². The van der Waals surface area contributed by atoms with Gasteiger partial charge in [-0.05, 0) is 55.5 Å². The van der Waals surface area contributed by atoms with Gasteiger partial charge in [-0.2, -0.15) is 0 Å². The third-order valence-corrected chi connectivity index (χ3v) is 10.0. The topological polar surface area (TPSA) is 145 Å². The molecule has 2 fully saturated rings. The van der Waals surface area contributed by atoms with E-state index in [1.807, 2.05) is 0 Å². The number of hydrogen-bond donors (Lipinski definition) is 1. The Morgan fingerprint density at radius 2 is 1.82 bits per heavy atom. The molecule has 11 heteroatoms. The van der Waals surface area contributed by atoms with Crippen molar-refractivity contribution in [3.05, 3.63) is 68.6 Å². The molecule has 2 aliphatic carbocycles. The van der Waals surface area contributed by atoms with Crippen LogP contribution in [0.2, 0.25) is 0 Å². The number of esters is 1. The number of methoxy groups -OCH3 is 1. The summed E-state index contributed by atoms with van der Waals surface area (Å²) < 4.78 is 31.1. The molecule has 1 atom stereocenters. The van der Waals surface area contributed by atoms with Crippen LogP contribution < -0.4 is 11.2 Å². The summed E-state index contributed by atoms with van der Waals surface area (Å²) in [5.74, 6) is -0.688. The lowest BCUT2D eigenvalue weighted by atomic mass is 9.83. The van der Waals surface area contributed by atoms with Gasteiger partial charge in [0.15, 0.2) is 15.6 Å². The van der Waals surface area contributed by atoms with Gasteiger partial charge < -0.3 is 9.72 Å². The van der Waals surface area contributed by atoms with E-state index in [1.165, 1.54) is 37.6 Å². The van der Waals surface area contributed by atoms with Crippen molar-refractivity contribution in [3.63, 3.8) is 0 Å². The zero-order valence-corrected chi connectivity index (χ0v) is 22.5. The number of hydrogen-bond acceptors (Lipinski definition) is 8. The Morgan fingerprint density at radius 1 is 1.08 bits per heavy atom. The van der Waals surface area contributed by atoms with E-state index < -0.39 is 38.3 Å². The molecule has 5 rings (SSSR count). The molecular weight excluding hydrogens is 522 g/mol. The molecule has 0 aliphatic heterocycles. The van der Waals surface area contributed by atoms with E-state index in [1.54, 1.807) is 6.07 Å². The van der Waals surface area contributed by atoms with Crippen LogP contribution in [0.4, 0.5) is 0 Å². The van der Waals surface area contributed by atoms with Gasteiger partial charge in [-0.1, -0.05) is 32.1 Å². The maximum Gasteiger partial charge on any atom is 0.339 e. The van der Waals surface area contributed by atoms with Crippen LogP contribution in [0, 0.1) is 5.92 Å². The first-order chi connectivity index (χ1) is 18.7. The zero-order chi connectivity index (χ0) is 27.7. The minimum Gasteiger partial charge on any atom is -0.465 e. The molecule has 0 amide bonds. The molecule has 2 aromatic heterocycles. The Hall–Kier alpha value is -3.60.